The molecule has 0 aliphatic carbocycles. The Bertz CT molecular complexity index is 1390. The lowest BCUT2D eigenvalue weighted by Gasteiger charge is -2.04. The summed E-state index contributed by atoms with van der Waals surface area (Å²) in [5.74, 6) is -0.330. The molecule has 136 valence electrons. The highest BCUT2D eigenvalue weighted by Gasteiger charge is 2.13. The van der Waals surface area contributed by atoms with Crippen molar-refractivity contribution in [2.45, 2.75) is 0 Å². The molecule has 0 aliphatic rings. The molecule has 28 heavy (non-hydrogen) atoms. The van der Waals surface area contributed by atoms with Gasteiger partial charge < -0.3 is 9.73 Å². The fraction of sp³-hybridized carbons (Fsp3) is 0. The van der Waals surface area contributed by atoms with Gasteiger partial charge in [-0.15, -0.1) is 11.3 Å². The van der Waals surface area contributed by atoms with E-state index in [1.165, 1.54) is 23.5 Å². The van der Waals surface area contributed by atoms with Crippen molar-refractivity contribution < 1.29 is 8.81 Å². The first-order valence-electron chi connectivity index (χ1n) is 8.61. The Balaban J connectivity index is 1.59. The van der Waals surface area contributed by atoms with Gasteiger partial charge in [0.2, 0.25) is 0 Å². The predicted octanol–water partition coefficient (Wildman–Crippen LogP) is 5.95. The third-order valence-corrected chi connectivity index (χ3v) is 5.26. The van der Waals surface area contributed by atoms with Crippen molar-refractivity contribution in [2.75, 3.05) is 5.32 Å². The van der Waals surface area contributed by atoms with E-state index in [0.717, 1.165) is 16.2 Å². The van der Waals surface area contributed by atoms with Crippen LogP contribution in [0.2, 0.25) is 0 Å². The summed E-state index contributed by atoms with van der Waals surface area (Å²) < 4.78 is 18.9. The van der Waals surface area contributed by atoms with Crippen LogP contribution in [0.4, 0.5) is 15.2 Å². The monoisotopic (exact) mass is 388 g/mol. The minimum absolute atomic E-state index is 0.330. The fourth-order valence-corrected chi connectivity index (χ4v) is 3.93. The number of halogens is 1. The zero-order chi connectivity index (χ0) is 19.1. The van der Waals surface area contributed by atoms with Crippen LogP contribution in [-0.4, -0.2) is 4.98 Å². The molecule has 0 unspecified atom stereocenters. The molecule has 0 spiro atoms. The Morgan fingerprint density at radius 3 is 2.75 bits per heavy atom. The van der Waals surface area contributed by atoms with E-state index < -0.39 is 5.63 Å². The van der Waals surface area contributed by atoms with Gasteiger partial charge in [0, 0.05) is 16.5 Å². The molecule has 0 saturated heterocycles. The molecule has 0 atom stereocenters. The molecule has 2 heterocycles. The summed E-state index contributed by atoms with van der Waals surface area (Å²) in [4.78, 5) is 17.0. The van der Waals surface area contributed by atoms with Crippen LogP contribution in [-0.2, 0) is 0 Å². The number of fused-ring (bicyclic) bond motifs is 3. The summed E-state index contributed by atoms with van der Waals surface area (Å²) in [5.41, 5.74) is 1.61. The third kappa shape index (κ3) is 2.93. The van der Waals surface area contributed by atoms with E-state index in [9.17, 15) is 9.18 Å². The lowest BCUT2D eigenvalue weighted by atomic mass is 10.0. The molecule has 5 rings (SSSR count). The minimum atomic E-state index is -0.439. The van der Waals surface area contributed by atoms with Crippen LogP contribution < -0.4 is 10.9 Å². The van der Waals surface area contributed by atoms with Crippen molar-refractivity contribution in [1.82, 2.24) is 4.98 Å². The zero-order valence-electron chi connectivity index (χ0n) is 14.5. The molecular weight excluding hydrogens is 375 g/mol. The van der Waals surface area contributed by atoms with Gasteiger partial charge in [0.05, 0.1) is 11.3 Å². The minimum Gasteiger partial charge on any atom is -0.422 e. The van der Waals surface area contributed by atoms with E-state index in [-0.39, 0.29) is 5.82 Å². The van der Waals surface area contributed by atoms with E-state index in [1.54, 1.807) is 23.6 Å². The Labute approximate surface area is 162 Å². The second-order valence-corrected chi connectivity index (χ2v) is 7.18. The number of hydrogen-bond donors (Lipinski definition) is 1. The molecule has 0 fully saturated rings. The van der Waals surface area contributed by atoms with Crippen LogP contribution in [0.15, 0.2) is 81.3 Å². The summed E-state index contributed by atoms with van der Waals surface area (Å²) in [7, 11) is 0. The number of thiazole rings is 1. The van der Waals surface area contributed by atoms with Crippen molar-refractivity contribution in [1.29, 1.82) is 0 Å². The standard InChI is InChI=1S/C22H13FN2O2S/c23-14-5-3-6-15(10-14)24-22-25-19(12-28-22)18-11-17-16-7-2-1-4-13(16)8-9-20(17)27-21(18)26/h1-12H,(H,24,25). The molecule has 0 radical (unpaired) electrons. The SMILES string of the molecule is O=c1oc2ccc3ccccc3c2cc1-c1csc(Nc2cccc(F)c2)n1. The first-order valence-corrected chi connectivity index (χ1v) is 9.49. The van der Waals surface area contributed by atoms with E-state index in [1.807, 2.05) is 36.4 Å². The Morgan fingerprint density at radius 1 is 0.964 bits per heavy atom. The highest BCUT2D eigenvalue weighted by molar-refractivity contribution is 7.14. The highest BCUT2D eigenvalue weighted by atomic mass is 32.1. The molecule has 0 amide bonds. The van der Waals surface area contributed by atoms with E-state index in [0.29, 0.717) is 27.7 Å². The topological polar surface area (TPSA) is 55.1 Å². The van der Waals surface area contributed by atoms with Crippen molar-refractivity contribution in [3.05, 3.63) is 88.3 Å². The third-order valence-electron chi connectivity index (χ3n) is 4.50. The van der Waals surface area contributed by atoms with Crippen molar-refractivity contribution in [3.63, 3.8) is 0 Å². The molecule has 6 heteroatoms. The van der Waals surface area contributed by atoms with Crippen LogP contribution in [0.3, 0.4) is 0 Å². The van der Waals surface area contributed by atoms with Gasteiger partial charge in [-0.05, 0) is 41.1 Å². The molecule has 0 aliphatic heterocycles. The van der Waals surface area contributed by atoms with Crippen molar-refractivity contribution >= 4 is 43.9 Å². The van der Waals surface area contributed by atoms with Crippen molar-refractivity contribution in [3.8, 4) is 11.3 Å². The van der Waals surface area contributed by atoms with Crippen LogP contribution in [0.1, 0.15) is 0 Å². The van der Waals surface area contributed by atoms with Crippen molar-refractivity contribution in [2.24, 2.45) is 0 Å². The Kier molecular flexibility index (Phi) is 3.91. The lowest BCUT2D eigenvalue weighted by molar-refractivity contribution is 0.563. The van der Waals surface area contributed by atoms with Gasteiger partial charge >= 0.3 is 5.63 Å². The van der Waals surface area contributed by atoms with Crippen LogP contribution in [0.25, 0.3) is 33.0 Å². The van der Waals surface area contributed by atoms with Gasteiger partial charge in [-0.2, -0.15) is 0 Å². The second-order valence-electron chi connectivity index (χ2n) is 6.32. The predicted molar refractivity (Wildman–Crippen MR) is 111 cm³/mol. The van der Waals surface area contributed by atoms with Gasteiger partial charge in [0.25, 0.3) is 0 Å². The highest BCUT2D eigenvalue weighted by Crippen LogP contribution is 2.30. The first-order chi connectivity index (χ1) is 13.7. The van der Waals surface area contributed by atoms with Gasteiger partial charge in [-0.1, -0.05) is 36.4 Å². The number of aromatic nitrogens is 1. The van der Waals surface area contributed by atoms with Crippen LogP contribution in [0, 0.1) is 5.82 Å². The summed E-state index contributed by atoms with van der Waals surface area (Å²) in [5, 5.41) is 8.35. The van der Waals surface area contributed by atoms with Gasteiger partial charge in [-0.25, -0.2) is 14.2 Å². The molecule has 2 aromatic heterocycles. The number of rotatable bonds is 3. The average molecular weight is 388 g/mol. The summed E-state index contributed by atoms with van der Waals surface area (Å²) in [6, 6.07) is 19.6. The van der Waals surface area contributed by atoms with E-state index >= 15 is 0 Å². The second kappa shape index (κ2) is 6.58. The van der Waals surface area contributed by atoms with Gasteiger partial charge in [0.1, 0.15) is 11.4 Å². The molecule has 5 aromatic rings. The quantitative estimate of drug-likeness (QED) is 0.306. The van der Waals surface area contributed by atoms with Crippen LogP contribution >= 0.6 is 11.3 Å². The smallest absolute Gasteiger partial charge is 0.345 e. The van der Waals surface area contributed by atoms with Gasteiger partial charge in [0.15, 0.2) is 5.13 Å². The lowest BCUT2D eigenvalue weighted by Crippen LogP contribution is -2.03. The largest absolute Gasteiger partial charge is 0.422 e. The normalized spacial score (nSPS) is 11.2. The molecule has 0 saturated carbocycles. The number of hydrogen-bond acceptors (Lipinski definition) is 5. The Hall–Kier alpha value is -3.51. The van der Waals surface area contributed by atoms with Crippen LogP contribution in [0.5, 0.6) is 0 Å². The molecule has 1 N–H and O–H groups in total. The maximum atomic E-state index is 13.4. The summed E-state index contributed by atoms with van der Waals surface area (Å²) in [6.45, 7) is 0. The average Bonchev–Trinajstić information content (AvgIpc) is 3.15. The molecular formula is C22H13FN2O2S. The molecule has 0 bridgehead atoms. The number of anilines is 2. The molecule has 3 aromatic carbocycles. The summed E-state index contributed by atoms with van der Waals surface area (Å²) >= 11 is 1.34. The summed E-state index contributed by atoms with van der Waals surface area (Å²) in [6.07, 6.45) is 0. The van der Waals surface area contributed by atoms with Gasteiger partial charge in [-0.3, -0.25) is 0 Å². The number of nitrogens with one attached hydrogen (secondary N) is 1. The first kappa shape index (κ1) is 16.6. The number of nitrogens with zero attached hydrogens (tertiary/aromatic N) is 1. The Morgan fingerprint density at radius 2 is 1.86 bits per heavy atom. The maximum absolute atomic E-state index is 13.4. The number of benzene rings is 3. The zero-order valence-corrected chi connectivity index (χ0v) is 15.3. The molecule has 4 nitrogen and oxygen atoms in total. The van der Waals surface area contributed by atoms with E-state index in [4.69, 9.17) is 4.42 Å². The fourth-order valence-electron chi connectivity index (χ4n) is 3.19. The van der Waals surface area contributed by atoms with E-state index in [2.05, 4.69) is 10.3 Å². The maximum Gasteiger partial charge on any atom is 0.345 e.